The van der Waals surface area contributed by atoms with Crippen LogP contribution in [0.15, 0.2) is 12.1 Å². The van der Waals surface area contributed by atoms with Gasteiger partial charge in [-0.2, -0.15) is 0 Å². The predicted molar refractivity (Wildman–Crippen MR) is 87.7 cm³/mol. The highest BCUT2D eigenvalue weighted by molar-refractivity contribution is 6.44. The Labute approximate surface area is 139 Å². The maximum atomic E-state index is 11.5. The van der Waals surface area contributed by atoms with Crippen LogP contribution in [0.1, 0.15) is 31.1 Å². The largest absolute Gasteiger partial charge is 0.444 e. The molecule has 0 fully saturated rings. The fraction of sp³-hybridized carbons (Fsp3) is 0.429. The summed E-state index contributed by atoms with van der Waals surface area (Å²) in [5, 5.41) is 5.89. The third-order valence-corrected chi connectivity index (χ3v) is 3.25. The smallest absolute Gasteiger partial charge is 0.407 e. The zero-order valence-electron chi connectivity index (χ0n) is 12.6. The number of primary amides is 1. The quantitative estimate of drug-likeness (QED) is 0.713. The monoisotopic (exact) mass is 347 g/mol. The Bertz CT molecular complexity index is 571. The summed E-state index contributed by atoms with van der Waals surface area (Å²) in [6.45, 7) is 5.99. The van der Waals surface area contributed by atoms with Gasteiger partial charge in [-0.1, -0.05) is 23.2 Å². The van der Waals surface area contributed by atoms with Crippen LogP contribution in [0.2, 0.25) is 10.0 Å². The number of ether oxygens (including phenoxy) is 1. The Kier molecular flexibility index (Phi) is 6.32. The lowest BCUT2D eigenvalue weighted by atomic mass is 10.1. The molecule has 0 radical (unpaired) electrons. The van der Waals surface area contributed by atoms with Crippen LogP contribution >= 0.6 is 23.2 Å². The van der Waals surface area contributed by atoms with Gasteiger partial charge in [0.1, 0.15) is 5.60 Å². The summed E-state index contributed by atoms with van der Waals surface area (Å²) in [7, 11) is 0. The van der Waals surface area contributed by atoms with Crippen molar-refractivity contribution in [1.29, 1.82) is 0 Å². The molecule has 6 nitrogen and oxygen atoms in total. The number of rotatable bonds is 5. The molecule has 0 aromatic heterocycles. The second kappa shape index (κ2) is 7.56. The first-order chi connectivity index (χ1) is 10.1. The lowest BCUT2D eigenvalue weighted by Crippen LogP contribution is -2.35. The number of carbonyl (C=O) groups excluding carboxylic acids is 2. The van der Waals surface area contributed by atoms with Crippen molar-refractivity contribution in [2.24, 2.45) is 5.73 Å². The predicted octanol–water partition coefficient (Wildman–Crippen LogP) is 3.03. The van der Waals surface area contributed by atoms with E-state index in [1.807, 2.05) is 0 Å². The van der Waals surface area contributed by atoms with E-state index in [4.69, 9.17) is 33.7 Å². The molecular formula is C14H19Cl2N3O3. The van der Waals surface area contributed by atoms with E-state index < -0.39 is 17.6 Å². The molecule has 1 rings (SSSR count). The number of hydrogen-bond donors (Lipinski definition) is 3. The summed E-state index contributed by atoms with van der Waals surface area (Å²) < 4.78 is 5.10. The van der Waals surface area contributed by atoms with Crippen molar-refractivity contribution >= 4 is 40.9 Å². The number of anilines is 1. The highest BCUT2D eigenvalue weighted by atomic mass is 35.5. The Balaban J connectivity index is 2.58. The third kappa shape index (κ3) is 5.61. The normalized spacial score (nSPS) is 11.0. The number of nitrogens with two attached hydrogens (primary N) is 1. The van der Waals surface area contributed by atoms with Crippen LogP contribution in [-0.4, -0.2) is 30.7 Å². The SMILES string of the molecule is CC(C)(C)OC(=O)NCCNc1ccc(Cl)c(Cl)c1C(N)=O. The lowest BCUT2D eigenvalue weighted by Gasteiger charge is -2.20. The molecule has 4 N–H and O–H groups in total. The first-order valence-electron chi connectivity index (χ1n) is 6.60. The second-order valence-corrected chi connectivity index (χ2v) is 6.29. The van der Waals surface area contributed by atoms with E-state index in [0.717, 1.165) is 0 Å². The number of nitrogens with one attached hydrogen (secondary N) is 2. The number of alkyl carbamates (subject to hydrolysis) is 1. The van der Waals surface area contributed by atoms with E-state index in [0.29, 0.717) is 18.8 Å². The molecule has 8 heteroatoms. The molecule has 0 unspecified atom stereocenters. The van der Waals surface area contributed by atoms with Gasteiger partial charge in [0.05, 0.1) is 15.6 Å². The van der Waals surface area contributed by atoms with Crippen LogP contribution in [0.3, 0.4) is 0 Å². The zero-order valence-corrected chi connectivity index (χ0v) is 14.1. The van der Waals surface area contributed by atoms with Crippen molar-refractivity contribution < 1.29 is 14.3 Å². The van der Waals surface area contributed by atoms with Crippen molar-refractivity contribution in [1.82, 2.24) is 5.32 Å². The molecule has 122 valence electrons. The van der Waals surface area contributed by atoms with Crippen molar-refractivity contribution in [3.63, 3.8) is 0 Å². The molecule has 22 heavy (non-hydrogen) atoms. The summed E-state index contributed by atoms with van der Waals surface area (Å²) in [5.74, 6) is -0.685. The summed E-state index contributed by atoms with van der Waals surface area (Å²) >= 11 is 11.8. The summed E-state index contributed by atoms with van der Waals surface area (Å²) in [4.78, 5) is 22.9. The van der Waals surface area contributed by atoms with Gasteiger partial charge in [0.15, 0.2) is 0 Å². The first-order valence-corrected chi connectivity index (χ1v) is 7.36. The summed E-state index contributed by atoms with van der Waals surface area (Å²) in [6.07, 6.45) is -0.515. The van der Waals surface area contributed by atoms with Gasteiger partial charge in [-0.05, 0) is 32.9 Å². The average molecular weight is 348 g/mol. The van der Waals surface area contributed by atoms with Gasteiger partial charge in [0.25, 0.3) is 5.91 Å². The van der Waals surface area contributed by atoms with E-state index in [1.54, 1.807) is 32.9 Å². The third-order valence-electron chi connectivity index (χ3n) is 2.45. The van der Waals surface area contributed by atoms with Crippen LogP contribution in [0.25, 0.3) is 0 Å². The van der Waals surface area contributed by atoms with Gasteiger partial charge in [-0.15, -0.1) is 0 Å². The maximum absolute atomic E-state index is 11.5. The Morgan fingerprint density at radius 2 is 1.86 bits per heavy atom. The fourth-order valence-corrected chi connectivity index (χ4v) is 2.03. The number of amides is 2. The maximum Gasteiger partial charge on any atom is 0.407 e. The van der Waals surface area contributed by atoms with Gasteiger partial charge in [-0.25, -0.2) is 4.79 Å². The minimum absolute atomic E-state index is 0.0965. The van der Waals surface area contributed by atoms with E-state index in [9.17, 15) is 9.59 Å². The standard InChI is InChI=1S/C14H19Cl2N3O3/c1-14(2,3)22-13(21)19-7-6-18-9-5-4-8(15)11(16)10(9)12(17)20/h4-5,18H,6-7H2,1-3H3,(H2,17,20)(H,19,21). The minimum atomic E-state index is -0.685. The molecule has 2 amide bonds. The second-order valence-electron chi connectivity index (χ2n) is 5.50. The molecule has 0 aliphatic carbocycles. The molecule has 0 heterocycles. The van der Waals surface area contributed by atoms with E-state index >= 15 is 0 Å². The van der Waals surface area contributed by atoms with Crippen LogP contribution in [0, 0.1) is 0 Å². The molecule has 0 bridgehead atoms. The summed E-state index contributed by atoms with van der Waals surface area (Å²) in [5.41, 5.74) is 5.31. The highest BCUT2D eigenvalue weighted by Gasteiger charge is 2.17. The fourth-order valence-electron chi connectivity index (χ4n) is 1.61. The van der Waals surface area contributed by atoms with Crippen molar-refractivity contribution in [2.45, 2.75) is 26.4 Å². The van der Waals surface area contributed by atoms with Crippen LogP contribution in [0.5, 0.6) is 0 Å². The summed E-state index contributed by atoms with van der Waals surface area (Å²) in [6, 6.07) is 3.15. The Hall–Kier alpha value is -1.66. The molecular weight excluding hydrogens is 329 g/mol. The molecule has 1 aromatic rings. The molecule has 0 aliphatic rings. The molecule has 0 atom stereocenters. The molecule has 0 aliphatic heterocycles. The van der Waals surface area contributed by atoms with Crippen LogP contribution < -0.4 is 16.4 Å². The van der Waals surface area contributed by atoms with E-state index in [1.165, 1.54) is 0 Å². The van der Waals surface area contributed by atoms with Crippen molar-refractivity contribution in [3.8, 4) is 0 Å². The van der Waals surface area contributed by atoms with Crippen molar-refractivity contribution in [3.05, 3.63) is 27.7 Å². The van der Waals surface area contributed by atoms with Gasteiger partial charge in [0.2, 0.25) is 0 Å². The average Bonchev–Trinajstić information content (AvgIpc) is 2.36. The molecule has 0 spiro atoms. The number of carbonyl (C=O) groups is 2. The van der Waals surface area contributed by atoms with Crippen LogP contribution in [-0.2, 0) is 4.74 Å². The topological polar surface area (TPSA) is 93.4 Å². The Morgan fingerprint density at radius 1 is 1.23 bits per heavy atom. The van der Waals surface area contributed by atoms with E-state index in [2.05, 4.69) is 10.6 Å². The van der Waals surface area contributed by atoms with Gasteiger partial charge < -0.3 is 21.1 Å². The zero-order chi connectivity index (χ0) is 16.9. The first kappa shape index (κ1) is 18.4. The van der Waals surface area contributed by atoms with Crippen molar-refractivity contribution in [2.75, 3.05) is 18.4 Å². The number of hydrogen-bond acceptors (Lipinski definition) is 4. The van der Waals surface area contributed by atoms with Gasteiger partial charge in [-0.3, -0.25) is 4.79 Å². The lowest BCUT2D eigenvalue weighted by molar-refractivity contribution is 0.0530. The van der Waals surface area contributed by atoms with Gasteiger partial charge in [0, 0.05) is 18.8 Å². The highest BCUT2D eigenvalue weighted by Crippen LogP contribution is 2.31. The van der Waals surface area contributed by atoms with Crippen LogP contribution in [0.4, 0.5) is 10.5 Å². The molecule has 0 saturated heterocycles. The molecule has 1 aromatic carbocycles. The number of halogens is 2. The molecule has 0 saturated carbocycles. The Morgan fingerprint density at radius 3 is 2.41 bits per heavy atom. The number of benzene rings is 1. The van der Waals surface area contributed by atoms with E-state index in [-0.39, 0.29) is 15.6 Å². The minimum Gasteiger partial charge on any atom is -0.444 e. The van der Waals surface area contributed by atoms with Gasteiger partial charge >= 0.3 is 6.09 Å².